The molecule has 3 N–H and O–H groups in total. The van der Waals surface area contributed by atoms with Gasteiger partial charge in [-0.15, -0.1) is 11.3 Å². The molecule has 0 aliphatic heterocycles. The third-order valence-electron chi connectivity index (χ3n) is 2.89. The molecule has 0 bridgehead atoms. The zero-order valence-electron chi connectivity index (χ0n) is 11.3. The molecule has 5 nitrogen and oxygen atoms in total. The fourth-order valence-corrected chi connectivity index (χ4v) is 2.64. The number of rotatable bonds is 6. The number of benzene rings is 1. The first kappa shape index (κ1) is 15.1. The second kappa shape index (κ2) is 7.44. The molecule has 0 aliphatic carbocycles. The highest BCUT2D eigenvalue weighted by molar-refractivity contribution is 7.14. The Kier molecular flexibility index (Phi) is 5.34. The zero-order valence-corrected chi connectivity index (χ0v) is 12.2. The zero-order chi connectivity index (χ0) is 15.1. The van der Waals surface area contributed by atoms with Crippen LogP contribution in [0.5, 0.6) is 0 Å². The van der Waals surface area contributed by atoms with Crippen molar-refractivity contribution in [3.05, 3.63) is 52.9 Å². The monoisotopic (exact) mass is 304 g/mol. The van der Waals surface area contributed by atoms with E-state index in [1.54, 1.807) is 5.38 Å². The Bertz CT molecular complexity index is 610. The van der Waals surface area contributed by atoms with E-state index in [-0.39, 0.29) is 11.6 Å². The molecule has 2 aromatic rings. The van der Waals surface area contributed by atoms with Crippen LogP contribution in [-0.2, 0) is 6.42 Å². The minimum atomic E-state index is -1.05. The average molecular weight is 304 g/mol. The Hall–Kier alpha value is -2.34. The summed E-state index contributed by atoms with van der Waals surface area (Å²) in [7, 11) is 0. The van der Waals surface area contributed by atoms with E-state index in [9.17, 15) is 9.59 Å². The van der Waals surface area contributed by atoms with Gasteiger partial charge in [0.05, 0.1) is 5.56 Å². The first-order chi connectivity index (χ1) is 10.2. The lowest BCUT2D eigenvalue weighted by atomic mass is 10.1. The molecule has 2 rings (SSSR count). The van der Waals surface area contributed by atoms with E-state index in [0.29, 0.717) is 11.5 Å². The number of hydrogen-bond acceptors (Lipinski definition) is 3. The highest BCUT2D eigenvalue weighted by Gasteiger charge is 2.13. The van der Waals surface area contributed by atoms with Crippen molar-refractivity contribution in [1.82, 2.24) is 5.32 Å². The lowest BCUT2D eigenvalue weighted by Gasteiger charge is -2.07. The minimum Gasteiger partial charge on any atom is -0.478 e. The van der Waals surface area contributed by atoms with Gasteiger partial charge in [-0.1, -0.05) is 30.3 Å². The van der Waals surface area contributed by atoms with Crippen LogP contribution in [0.25, 0.3) is 0 Å². The van der Waals surface area contributed by atoms with Crippen molar-refractivity contribution < 1.29 is 14.7 Å². The van der Waals surface area contributed by atoms with Crippen LogP contribution < -0.4 is 10.6 Å². The molecule has 110 valence electrons. The molecule has 6 heteroatoms. The van der Waals surface area contributed by atoms with Crippen LogP contribution in [0, 0.1) is 0 Å². The van der Waals surface area contributed by atoms with Crippen LogP contribution in [0.2, 0.25) is 0 Å². The number of thiophene rings is 1. The smallest absolute Gasteiger partial charge is 0.338 e. The molecule has 0 aliphatic rings. The molecule has 0 atom stereocenters. The van der Waals surface area contributed by atoms with Crippen molar-refractivity contribution in [2.45, 2.75) is 12.8 Å². The summed E-state index contributed by atoms with van der Waals surface area (Å²) in [5, 5.41) is 16.2. The first-order valence-electron chi connectivity index (χ1n) is 6.56. The molecule has 0 saturated carbocycles. The quantitative estimate of drug-likeness (QED) is 0.717. The molecular formula is C15H16N2O3S. The van der Waals surface area contributed by atoms with Crippen LogP contribution in [0.15, 0.2) is 41.8 Å². The third kappa shape index (κ3) is 4.61. The number of aromatic carboxylic acids is 1. The number of urea groups is 1. The summed E-state index contributed by atoms with van der Waals surface area (Å²) in [6, 6.07) is 11.1. The van der Waals surface area contributed by atoms with Gasteiger partial charge >= 0.3 is 12.0 Å². The Balaban J connectivity index is 1.73. The second-order valence-electron chi connectivity index (χ2n) is 4.44. The number of carbonyl (C=O) groups excluding carboxylic acids is 1. The van der Waals surface area contributed by atoms with Gasteiger partial charge in [0, 0.05) is 6.54 Å². The lowest BCUT2D eigenvalue weighted by molar-refractivity contribution is 0.0698. The molecular weight excluding hydrogens is 288 g/mol. The van der Waals surface area contributed by atoms with E-state index in [1.165, 1.54) is 23.0 Å². The van der Waals surface area contributed by atoms with Gasteiger partial charge in [-0.3, -0.25) is 5.32 Å². The number of amides is 2. The Labute approximate surface area is 126 Å². The van der Waals surface area contributed by atoms with Crippen molar-refractivity contribution in [1.29, 1.82) is 0 Å². The fourth-order valence-electron chi connectivity index (χ4n) is 1.86. The second-order valence-corrected chi connectivity index (χ2v) is 5.35. The molecule has 0 unspecified atom stereocenters. The molecule has 1 heterocycles. The maximum absolute atomic E-state index is 11.7. The summed E-state index contributed by atoms with van der Waals surface area (Å²) >= 11 is 1.19. The maximum Gasteiger partial charge on any atom is 0.338 e. The van der Waals surface area contributed by atoms with Crippen LogP contribution >= 0.6 is 11.3 Å². The topological polar surface area (TPSA) is 78.4 Å². The van der Waals surface area contributed by atoms with Gasteiger partial charge in [-0.25, -0.2) is 9.59 Å². The summed E-state index contributed by atoms with van der Waals surface area (Å²) < 4.78 is 0. The van der Waals surface area contributed by atoms with Crippen LogP contribution in [0.4, 0.5) is 9.80 Å². The van der Waals surface area contributed by atoms with Gasteiger partial charge in [-0.05, 0) is 29.9 Å². The summed E-state index contributed by atoms with van der Waals surface area (Å²) in [6.45, 7) is 0.536. The Morgan fingerprint density at radius 3 is 2.62 bits per heavy atom. The normalized spacial score (nSPS) is 10.1. The summed E-state index contributed by atoms with van der Waals surface area (Å²) in [5.41, 5.74) is 1.34. The van der Waals surface area contributed by atoms with Gasteiger partial charge in [0.1, 0.15) is 5.00 Å². The van der Waals surface area contributed by atoms with Crippen molar-refractivity contribution in [3.63, 3.8) is 0 Å². The van der Waals surface area contributed by atoms with E-state index in [2.05, 4.69) is 10.6 Å². The summed E-state index contributed by atoms with van der Waals surface area (Å²) in [6.07, 6.45) is 1.72. The molecule has 0 saturated heterocycles. The highest BCUT2D eigenvalue weighted by Crippen LogP contribution is 2.22. The average Bonchev–Trinajstić information content (AvgIpc) is 2.93. The molecule has 21 heavy (non-hydrogen) atoms. The Morgan fingerprint density at radius 1 is 1.14 bits per heavy atom. The van der Waals surface area contributed by atoms with Gasteiger partial charge in [-0.2, -0.15) is 0 Å². The van der Waals surface area contributed by atoms with Gasteiger partial charge in [0.2, 0.25) is 0 Å². The van der Waals surface area contributed by atoms with E-state index >= 15 is 0 Å². The molecule has 1 aromatic heterocycles. The SMILES string of the molecule is O=C(NCCCc1ccccc1)Nc1sccc1C(=O)O. The highest BCUT2D eigenvalue weighted by atomic mass is 32.1. The molecule has 2 amide bonds. The molecule has 0 fully saturated rings. The van der Waals surface area contributed by atoms with Crippen molar-refractivity contribution in [2.75, 3.05) is 11.9 Å². The number of anilines is 1. The fraction of sp³-hybridized carbons (Fsp3) is 0.200. The predicted molar refractivity (Wildman–Crippen MR) is 83.1 cm³/mol. The van der Waals surface area contributed by atoms with E-state index in [1.807, 2.05) is 30.3 Å². The van der Waals surface area contributed by atoms with Crippen molar-refractivity contribution >= 4 is 28.3 Å². The van der Waals surface area contributed by atoms with E-state index in [4.69, 9.17) is 5.11 Å². The first-order valence-corrected chi connectivity index (χ1v) is 7.44. The van der Waals surface area contributed by atoms with Gasteiger partial charge < -0.3 is 10.4 Å². The number of nitrogens with one attached hydrogen (secondary N) is 2. The summed E-state index contributed by atoms with van der Waals surface area (Å²) in [4.78, 5) is 22.6. The van der Waals surface area contributed by atoms with E-state index < -0.39 is 5.97 Å². The van der Waals surface area contributed by atoms with Crippen molar-refractivity contribution in [3.8, 4) is 0 Å². The number of carboxylic acid groups (broad SMARTS) is 1. The lowest BCUT2D eigenvalue weighted by Crippen LogP contribution is -2.29. The predicted octanol–water partition coefficient (Wildman–Crippen LogP) is 3.20. The standard InChI is InChI=1S/C15H16N2O3S/c18-14(19)12-8-10-21-13(12)17-15(20)16-9-4-7-11-5-2-1-3-6-11/h1-3,5-6,8,10H,4,7,9H2,(H,18,19)(H2,16,17,20). The maximum atomic E-state index is 11.7. The number of carbonyl (C=O) groups is 2. The van der Waals surface area contributed by atoms with Crippen LogP contribution in [0.1, 0.15) is 22.3 Å². The largest absolute Gasteiger partial charge is 0.478 e. The summed E-state index contributed by atoms with van der Waals surface area (Å²) in [5.74, 6) is -1.05. The van der Waals surface area contributed by atoms with Gasteiger partial charge in [0.25, 0.3) is 0 Å². The number of aryl methyl sites for hydroxylation is 1. The van der Waals surface area contributed by atoms with Crippen LogP contribution in [-0.4, -0.2) is 23.7 Å². The molecule has 0 spiro atoms. The third-order valence-corrected chi connectivity index (χ3v) is 3.72. The van der Waals surface area contributed by atoms with Gasteiger partial charge in [0.15, 0.2) is 0 Å². The number of carboxylic acids is 1. The Morgan fingerprint density at radius 2 is 1.90 bits per heavy atom. The minimum absolute atomic E-state index is 0.111. The van der Waals surface area contributed by atoms with Crippen molar-refractivity contribution in [2.24, 2.45) is 0 Å². The van der Waals surface area contributed by atoms with Crippen LogP contribution in [0.3, 0.4) is 0 Å². The number of hydrogen-bond donors (Lipinski definition) is 3. The molecule has 0 radical (unpaired) electrons. The molecule has 1 aromatic carbocycles. The van der Waals surface area contributed by atoms with E-state index in [0.717, 1.165) is 12.8 Å².